The van der Waals surface area contributed by atoms with Gasteiger partial charge in [-0.1, -0.05) is 101 Å². The van der Waals surface area contributed by atoms with E-state index < -0.39 is 144 Å². The second-order valence-electron chi connectivity index (χ2n) is 24.9. The molecule has 3 fully saturated rings. The average Bonchev–Trinajstić information content (AvgIpc) is 2.68. The first-order valence-corrected chi connectivity index (χ1v) is 30.9. The fraction of sp³-hybridized carbons (Fsp3) is 0.556. The van der Waals surface area contributed by atoms with E-state index in [4.69, 9.17) is 42.3 Å². The number of ether oxygens (including phenoxy) is 8. The SMILES string of the molecule is CC[Si](CC)(CC)O[C@H]1C[C@H]2OC[C@@]2(OC(C)=O)[C@H]2[C@H](OC(=O)c3ccccc3)[C@]3(O)C[C@H](OC(=O)[C@H](OC(=O)OC(C)(C)C)[C@H](c4ccccc4)N(C(=O)OC(C)(C)C)C(=O)c4ccccc4)C(C)=C([C@@H](OC(C)=O)C(=O)[C@]12C)C3(C)C. The van der Waals surface area contributed by atoms with Crippen molar-refractivity contribution < 1.29 is 85.8 Å². The standard InChI is InChI=1S/C63H81NO18Si/c1-16-83(17-2,18-3)82-44-34-45-62(36-74-45,79-39(6)66)50-52(78-54(69)42-32-26-21-27-33-42)63(73)35-43(37(4)46(60(63,13)14)48(75-38(5)65)51(67)61(44,50)15)76-55(70)49(77-57(72)81-59(10,11)12)47(40-28-22-19-23-29-40)64(56(71)80-58(7,8)9)53(68)41-30-24-20-25-31-41/h19-33,43-45,47-50,52,73H,16-18,34-36H2,1-15H3/t43-,44-,45+,47-,48+,49+,50-,52-,61+,62-,63+/m0/s1. The van der Waals surface area contributed by atoms with Gasteiger partial charge in [-0.15, -0.1) is 0 Å². The number of hydrogen-bond acceptors (Lipinski definition) is 18. The summed E-state index contributed by atoms with van der Waals surface area (Å²) in [4.78, 5) is 119. The van der Waals surface area contributed by atoms with Gasteiger partial charge in [-0.05, 0) is 114 Å². The first-order chi connectivity index (χ1) is 38.7. The van der Waals surface area contributed by atoms with Crippen molar-refractivity contribution in [1.82, 2.24) is 4.90 Å². The van der Waals surface area contributed by atoms with E-state index in [-0.39, 0.29) is 40.9 Å². The molecule has 1 saturated heterocycles. The highest BCUT2D eigenvalue weighted by Gasteiger charge is 2.79. The third kappa shape index (κ3) is 12.4. The third-order valence-corrected chi connectivity index (χ3v) is 21.8. The van der Waals surface area contributed by atoms with E-state index in [0.717, 1.165) is 6.92 Å². The summed E-state index contributed by atoms with van der Waals surface area (Å²) in [5, 5.41) is 14.5. The molecule has 2 bridgehead atoms. The van der Waals surface area contributed by atoms with Gasteiger partial charge in [0.1, 0.15) is 41.2 Å². The van der Waals surface area contributed by atoms with Gasteiger partial charge < -0.3 is 47.4 Å². The number of benzene rings is 3. The van der Waals surface area contributed by atoms with Gasteiger partial charge in [-0.3, -0.25) is 19.2 Å². The van der Waals surface area contributed by atoms with Crippen molar-refractivity contribution in [3.05, 3.63) is 119 Å². The topological polar surface area (TPSA) is 243 Å². The molecule has 83 heavy (non-hydrogen) atoms. The number of fused-ring (bicyclic) bond motifs is 5. The Kier molecular flexibility index (Phi) is 18.5. The number of carbonyl (C=O) groups excluding carboxylic acids is 8. The Balaban J connectivity index is 1.52. The summed E-state index contributed by atoms with van der Waals surface area (Å²) in [6, 6.07) is 23.5. The van der Waals surface area contributed by atoms with Gasteiger partial charge in [-0.25, -0.2) is 24.1 Å². The number of imide groups is 1. The van der Waals surface area contributed by atoms with Crippen LogP contribution in [0.15, 0.2) is 102 Å². The van der Waals surface area contributed by atoms with Gasteiger partial charge in [0.25, 0.3) is 5.91 Å². The maximum Gasteiger partial charge on any atom is 0.509 e. The number of amides is 2. The molecule has 2 amide bonds. The van der Waals surface area contributed by atoms with Crippen LogP contribution in [0.1, 0.15) is 149 Å². The zero-order valence-corrected chi connectivity index (χ0v) is 51.4. The second kappa shape index (κ2) is 24.1. The molecule has 3 aromatic carbocycles. The zero-order valence-electron chi connectivity index (χ0n) is 50.4. The van der Waals surface area contributed by atoms with E-state index in [2.05, 4.69) is 0 Å². The summed E-state index contributed by atoms with van der Waals surface area (Å²) in [6.07, 6.45) is -13.1. The normalized spacial score (nSPS) is 27.3. The zero-order chi connectivity index (χ0) is 61.4. The predicted molar refractivity (Wildman–Crippen MR) is 304 cm³/mol. The molecule has 7 rings (SSSR count). The molecule has 19 nitrogen and oxygen atoms in total. The van der Waals surface area contributed by atoms with Crippen molar-refractivity contribution in [2.45, 2.75) is 200 Å². The van der Waals surface area contributed by atoms with Crippen LogP contribution in [0.2, 0.25) is 18.1 Å². The molecule has 11 atom stereocenters. The van der Waals surface area contributed by atoms with Crippen LogP contribution in [0.25, 0.3) is 0 Å². The minimum absolute atomic E-state index is 0.0153. The molecule has 450 valence electrons. The smallest absolute Gasteiger partial charge is 0.455 e. The summed E-state index contributed by atoms with van der Waals surface area (Å²) in [6.45, 7) is 23.8. The molecular formula is C63H81NO18Si. The Labute approximate surface area is 487 Å². The van der Waals surface area contributed by atoms with Crippen molar-refractivity contribution in [3.8, 4) is 0 Å². The predicted octanol–water partition coefficient (Wildman–Crippen LogP) is 10.4. The van der Waals surface area contributed by atoms with Gasteiger partial charge in [0.05, 0.1) is 29.6 Å². The monoisotopic (exact) mass is 1170 g/mol. The van der Waals surface area contributed by atoms with Crippen LogP contribution < -0.4 is 0 Å². The minimum Gasteiger partial charge on any atom is -0.455 e. The van der Waals surface area contributed by atoms with Crippen molar-refractivity contribution >= 4 is 56.1 Å². The Morgan fingerprint density at radius 2 is 1.29 bits per heavy atom. The molecule has 2 saturated carbocycles. The number of ketones is 1. The minimum atomic E-state index is -2.73. The van der Waals surface area contributed by atoms with Crippen LogP contribution >= 0.6 is 0 Å². The highest BCUT2D eigenvalue weighted by atomic mass is 28.4. The van der Waals surface area contributed by atoms with E-state index >= 15 is 14.4 Å². The summed E-state index contributed by atoms with van der Waals surface area (Å²) < 4.78 is 57.1. The lowest BCUT2D eigenvalue weighted by atomic mass is 9.44. The number of hydrogen-bond donors (Lipinski definition) is 1. The number of nitrogens with zero attached hydrogens (tertiary/aromatic N) is 1. The van der Waals surface area contributed by atoms with E-state index in [9.17, 15) is 29.1 Å². The fourth-order valence-corrected chi connectivity index (χ4v) is 15.7. The highest BCUT2D eigenvalue weighted by molar-refractivity contribution is 6.73. The summed E-state index contributed by atoms with van der Waals surface area (Å²) in [7, 11) is -2.73. The summed E-state index contributed by atoms with van der Waals surface area (Å²) >= 11 is 0. The summed E-state index contributed by atoms with van der Waals surface area (Å²) in [5.41, 5.74) is -10.3. The highest BCUT2D eigenvalue weighted by Crippen LogP contribution is 2.65. The molecule has 1 aliphatic heterocycles. The molecule has 1 N–H and O–H groups in total. The van der Waals surface area contributed by atoms with Crippen molar-refractivity contribution in [3.63, 3.8) is 0 Å². The van der Waals surface area contributed by atoms with Gasteiger partial charge >= 0.3 is 36.1 Å². The first kappa shape index (κ1) is 63.8. The molecule has 1 heterocycles. The van der Waals surface area contributed by atoms with E-state index in [1.807, 2.05) is 20.8 Å². The van der Waals surface area contributed by atoms with Crippen LogP contribution in [0.4, 0.5) is 9.59 Å². The van der Waals surface area contributed by atoms with Gasteiger partial charge in [0.15, 0.2) is 25.8 Å². The van der Waals surface area contributed by atoms with E-state index in [1.165, 1.54) is 50.2 Å². The van der Waals surface area contributed by atoms with E-state index in [1.54, 1.807) is 117 Å². The molecule has 0 spiro atoms. The maximum absolute atomic E-state index is 16.7. The quantitative estimate of drug-likeness (QED) is 0.0606. The third-order valence-electron chi connectivity index (χ3n) is 17.1. The Bertz CT molecular complexity index is 2960. The molecule has 20 heteroatoms. The van der Waals surface area contributed by atoms with Crippen LogP contribution in [0, 0.1) is 16.7 Å². The lowest BCUT2D eigenvalue weighted by molar-refractivity contribution is -0.344. The van der Waals surface area contributed by atoms with E-state index in [0.29, 0.717) is 23.0 Å². The van der Waals surface area contributed by atoms with Crippen molar-refractivity contribution in [2.24, 2.45) is 16.7 Å². The molecule has 4 aliphatic rings. The lowest BCUT2D eigenvalue weighted by Crippen LogP contribution is -2.82. The summed E-state index contributed by atoms with van der Waals surface area (Å²) in [5.74, 6) is -7.25. The first-order valence-electron chi connectivity index (χ1n) is 28.4. The Morgan fingerprint density at radius 1 is 0.747 bits per heavy atom. The molecule has 0 radical (unpaired) electrons. The van der Waals surface area contributed by atoms with Gasteiger partial charge in [-0.2, -0.15) is 0 Å². The van der Waals surface area contributed by atoms with Crippen molar-refractivity contribution in [2.75, 3.05) is 6.61 Å². The molecule has 3 aliphatic carbocycles. The fourth-order valence-electron chi connectivity index (χ4n) is 12.8. The molecule has 0 aromatic heterocycles. The van der Waals surface area contributed by atoms with Crippen LogP contribution in [-0.4, -0.2) is 132 Å². The number of rotatable bonds is 16. The molecule has 3 aromatic rings. The van der Waals surface area contributed by atoms with Crippen LogP contribution in [0.5, 0.6) is 0 Å². The van der Waals surface area contributed by atoms with Crippen molar-refractivity contribution in [1.29, 1.82) is 0 Å². The number of aliphatic hydroxyl groups is 1. The molecular weight excluding hydrogens is 1090 g/mol. The average molecular weight is 1170 g/mol. The second-order valence-corrected chi connectivity index (χ2v) is 29.6. The van der Waals surface area contributed by atoms with Crippen LogP contribution in [0.3, 0.4) is 0 Å². The number of Topliss-reactive ketones (excluding diaryl/α,β-unsaturated/α-hetero) is 1. The van der Waals surface area contributed by atoms with Gasteiger partial charge in [0.2, 0.25) is 6.10 Å². The molecule has 0 unspecified atom stereocenters. The van der Waals surface area contributed by atoms with Gasteiger partial charge in [0, 0.05) is 37.7 Å². The lowest BCUT2D eigenvalue weighted by Gasteiger charge is -2.68. The Hall–Kier alpha value is -6.74. The Morgan fingerprint density at radius 3 is 1.78 bits per heavy atom. The number of carbonyl (C=O) groups is 8. The maximum atomic E-state index is 16.7. The van der Waals surface area contributed by atoms with Crippen LogP contribution in [-0.2, 0) is 61.5 Å². The largest absolute Gasteiger partial charge is 0.509 e. The number of esters is 4.